The first-order valence-electron chi connectivity index (χ1n) is 4.91. The Hall–Kier alpha value is -0.980. The van der Waals surface area contributed by atoms with Gasteiger partial charge >= 0.3 is 0 Å². The van der Waals surface area contributed by atoms with Crippen LogP contribution in [0, 0.1) is 5.82 Å². The summed E-state index contributed by atoms with van der Waals surface area (Å²) in [6, 6.07) is 4.80. The minimum Gasteiger partial charge on any atom is -0.377 e. The molecule has 1 atom stereocenters. The summed E-state index contributed by atoms with van der Waals surface area (Å²) in [5.41, 5.74) is 0. The normalized spacial score (nSPS) is 21.9. The summed E-state index contributed by atoms with van der Waals surface area (Å²) in [5, 5.41) is 2.12. The van der Waals surface area contributed by atoms with Gasteiger partial charge in [0.2, 0.25) is 0 Å². The maximum atomic E-state index is 12.7. The lowest BCUT2D eigenvalue weighted by Gasteiger charge is -2.23. The molecule has 4 nitrogen and oxygen atoms in total. The van der Waals surface area contributed by atoms with Crippen molar-refractivity contribution in [3.05, 3.63) is 30.1 Å². The van der Waals surface area contributed by atoms with Crippen molar-refractivity contribution in [1.29, 1.82) is 0 Å². The molecular formula is C10H12FNO3S. The van der Waals surface area contributed by atoms with Gasteiger partial charge in [-0.05, 0) is 24.3 Å². The highest BCUT2D eigenvalue weighted by Crippen LogP contribution is 2.16. The number of ether oxygens (including phenoxy) is 1. The van der Waals surface area contributed by atoms with E-state index in [0.29, 0.717) is 13.2 Å². The Labute approximate surface area is 93.3 Å². The van der Waals surface area contributed by atoms with Gasteiger partial charge in [-0.2, -0.15) is 0 Å². The van der Waals surface area contributed by atoms with Crippen LogP contribution in [0.1, 0.15) is 0 Å². The van der Waals surface area contributed by atoms with E-state index in [-0.39, 0.29) is 11.5 Å². The standard InChI is InChI=1S/C10H12FNO3S/c11-8-1-3-9(4-2-8)16(13,14)10-7-15-6-5-12-10/h1-4,10,12H,5-7H2. The molecule has 1 heterocycles. The number of hydrogen-bond acceptors (Lipinski definition) is 4. The molecule has 1 aliphatic heterocycles. The number of sulfone groups is 1. The van der Waals surface area contributed by atoms with Crippen molar-refractivity contribution in [2.45, 2.75) is 10.3 Å². The zero-order valence-corrected chi connectivity index (χ0v) is 9.34. The number of morpholine rings is 1. The molecule has 88 valence electrons. The second-order valence-electron chi connectivity index (χ2n) is 3.52. The zero-order chi connectivity index (χ0) is 11.6. The fourth-order valence-corrected chi connectivity index (χ4v) is 2.99. The van der Waals surface area contributed by atoms with Crippen LogP contribution in [0.3, 0.4) is 0 Å². The maximum Gasteiger partial charge on any atom is 0.196 e. The van der Waals surface area contributed by atoms with Crippen molar-refractivity contribution < 1.29 is 17.5 Å². The molecule has 2 rings (SSSR count). The number of nitrogens with one attached hydrogen (secondary N) is 1. The molecule has 0 radical (unpaired) electrons. The average molecular weight is 245 g/mol. The lowest BCUT2D eigenvalue weighted by Crippen LogP contribution is -2.46. The van der Waals surface area contributed by atoms with Gasteiger partial charge in [0.15, 0.2) is 9.84 Å². The molecule has 0 spiro atoms. The highest BCUT2D eigenvalue weighted by atomic mass is 32.2. The molecule has 1 unspecified atom stereocenters. The SMILES string of the molecule is O=S(=O)(c1ccc(F)cc1)C1COCCN1. The molecular weight excluding hydrogens is 233 g/mol. The van der Waals surface area contributed by atoms with Gasteiger partial charge in [-0.15, -0.1) is 0 Å². The Morgan fingerprint density at radius 1 is 1.31 bits per heavy atom. The van der Waals surface area contributed by atoms with Crippen LogP contribution in [0.2, 0.25) is 0 Å². The van der Waals surface area contributed by atoms with Crippen molar-refractivity contribution in [2.24, 2.45) is 0 Å². The van der Waals surface area contributed by atoms with Crippen molar-refractivity contribution in [3.63, 3.8) is 0 Å². The summed E-state index contributed by atoms with van der Waals surface area (Å²) in [6.45, 7) is 1.14. The van der Waals surface area contributed by atoms with Crippen LogP contribution in [-0.2, 0) is 14.6 Å². The van der Waals surface area contributed by atoms with Gasteiger partial charge < -0.3 is 4.74 Å². The minimum absolute atomic E-state index is 0.108. The zero-order valence-electron chi connectivity index (χ0n) is 8.52. The van der Waals surface area contributed by atoms with Crippen molar-refractivity contribution in [1.82, 2.24) is 5.32 Å². The van der Waals surface area contributed by atoms with E-state index in [9.17, 15) is 12.8 Å². The first kappa shape index (κ1) is 11.5. The van der Waals surface area contributed by atoms with E-state index >= 15 is 0 Å². The van der Waals surface area contributed by atoms with Gasteiger partial charge in [-0.25, -0.2) is 12.8 Å². The predicted octanol–water partition coefficient (Wildman–Crippen LogP) is 0.545. The molecule has 1 aliphatic rings. The van der Waals surface area contributed by atoms with Crippen molar-refractivity contribution in [3.8, 4) is 0 Å². The molecule has 16 heavy (non-hydrogen) atoms. The fraction of sp³-hybridized carbons (Fsp3) is 0.400. The summed E-state index contributed by atoms with van der Waals surface area (Å²) in [6.07, 6.45) is 0. The van der Waals surface area contributed by atoms with E-state index < -0.39 is 21.0 Å². The molecule has 1 saturated heterocycles. The predicted molar refractivity (Wildman–Crippen MR) is 56.2 cm³/mol. The molecule has 6 heteroatoms. The van der Waals surface area contributed by atoms with E-state index in [1.165, 1.54) is 12.1 Å². The second kappa shape index (κ2) is 4.48. The molecule has 1 aromatic rings. The quantitative estimate of drug-likeness (QED) is 0.773. The second-order valence-corrected chi connectivity index (χ2v) is 5.65. The number of halogens is 1. The van der Waals surface area contributed by atoms with Crippen LogP contribution in [0.15, 0.2) is 29.2 Å². The maximum absolute atomic E-state index is 12.7. The van der Waals surface area contributed by atoms with Crippen LogP contribution in [0.4, 0.5) is 4.39 Å². The first-order valence-corrected chi connectivity index (χ1v) is 6.46. The van der Waals surface area contributed by atoms with Crippen molar-refractivity contribution in [2.75, 3.05) is 19.8 Å². The third kappa shape index (κ3) is 2.23. The average Bonchev–Trinajstić information content (AvgIpc) is 2.31. The molecule has 0 aromatic heterocycles. The monoisotopic (exact) mass is 245 g/mol. The van der Waals surface area contributed by atoms with E-state index in [1.807, 2.05) is 0 Å². The summed E-state index contributed by atoms with van der Waals surface area (Å²) in [7, 11) is -3.48. The third-order valence-electron chi connectivity index (χ3n) is 2.40. The molecule has 1 fully saturated rings. The Bertz CT molecular complexity index is 451. The highest BCUT2D eigenvalue weighted by molar-refractivity contribution is 7.92. The van der Waals surface area contributed by atoms with Gasteiger partial charge in [-0.1, -0.05) is 0 Å². The molecule has 0 aliphatic carbocycles. The third-order valence-corrected chi connectivity index (χ3v) is 4.39. The topological polar surface area (TPSA) is 55.4 Å². The Balaban J connectivity index is 2.27. The molecule has 0 saturated carbocycles. The van der Waals surface area contributed by atoms with Gasteiger partial charge in [0.25, 0.3) is 0 Å². The summed E-state index contributed by atoms with van der Waals surface area (Å²) in [5.74, 6) is -0.452. The highest BCUT2D eigenvalue weighted by Gasteiger charge is 2.29. The van der Waals surface area contributed by atoms with Crippen LogP contribution >= 0.6 is 0 Å². The van der Waals surface area contributed by atoms with Crippen LogP contribution in [0.25, 0.3) is 0 Å². The van der Waals surface area contributed by atoms with Crippen molar-refractivity contribution >= 4 is 9.84 Å². The Kier molecular flexibility index (Phi) is 3.22. The summed E-state index contributed by atoms with van der Waals surface area (Å²) in [4.78, 5) is 0.108. The molecule has 0 amide bonds. The summed E-state index contributed by atoms with van der Waals surface area (Å²) < 4.78 is 41.8. The fourth-order valence-electron chi connectivity index (χ4n) is 1.53. The van der Waals surface area contributed by atoms with Crippen LogP contribution in [0.5, 0.6) is 0 Å². The van der Waals surface area contributed by atoms with Gasteiger partial charge in [0.05, 0.1) is 18.1 Å². The first-order chi connectivity index (χ1) is 7.60. The summed E-state index contributed by atoms with van der Waals surface area (Å²) >= 11 is 0. The smallest absolute Gasteiger partial charge is 0.196 e. The lowest BCUT2D eigenvalue weighted by molar-refractivity contribution is 0.0978. The largest absolute Gasteiger partial charge is 0.377 e. The van der Waals surface area contributed by atoms with E-state index in [0.717, 1.165) is 12.1 Å². The Morgan fingerprint density at radius 3 is 2.56 bits per heavy atom. The lowest BCUT2D eigenvalue weighted by atomic mass is 10.4. The van der Waals surface area contributed by atoms with Gasteiger partial charge in [-0.3, -0.25) is 5.32 Å². The minimum atomic E-state index is -3.48. The molecule has 1 N–H and O–H groups in total. The van der Waals surface area contributed by atoms with Gasteiger partial charge in [0.1, 0.15) is 11.2 Å². The van der Waals surface area contributed by atoms with Gasteiger partial charge in [0, 0.05) is 6.54 Å². The van der Waals surface area contributed by atoms with E-state index in [1.54, 1.807) is 0 Å². The van der Waals surface area contributed by atoms with Crippen LogP contribution < -0.4 is 5.32 Å². The number of hydrogen-bond donors (Lipinski definition) is 1. The number of benzene rings is 1. The Morgan fingerprint density at radius 2 is 2.00 bits per heavy atom. The van der Waals surface area contributed by atoms with E-state index in [4.69, 9.17) is 4.74 Å². The number of rotatable bonds is 2. The van der Waals surface area contributed by atoms with Crippen LogP contribution in [-0.4, -0.2) is 33.6 Å². The molecule has 1 aromatic carbocycles. The van der Waals surface area contributed by atoms with E-state index in [2.05, 4.69) is 5.32 Å². The molecule has 0 bridgehead atoms.